The lowest BCUT2D eigenvalue weighted by atomic mass is 10.1. The number of pyridine rings is 1. The average Bonchev–Trinajstić information content (AvgIpc) is 1.94. The van der Waals surface area contributed by atoms with Gasteiger partial charge in [-0.15, -0.1) is 0 Å². The van der Waals surface area contributed by atoms with Gasteiger partial charge in [-0.25, -0.2) is 13.8 Å². The fraction of sp³-hybridized carbons (Fsp3) is 0.286. The summed E-state index contributed by atoms with van der Waals surface area (Å²) in [6, 6.07) is 1.19. The summed E-state index contributed by atoms with van der Waals surface area (Å²) in [5, 5.41) is 0. The number of anilines is 1. The summed E-state index contributed by atoms with van der Waals surface area (Å²) in [5.41, 5.74) is 5.64. The van der Waals surface area contributed by atoms with E-state index in [2.05, 4.69) is 4.98 Å². The molecule has 1 aromatic heterocycles. The molecule has 1 rings (SSSR count). The maximum atomic E-state index is 12.1. The maximum absolute atomic E-state index is 12.1. The van der Waals surface area contributed by atoms with Crippen molar-refractivity contribution in [2.75, 3.05) is 5.73 Å². The first-order chi connectivity index (χ1) is 5.11. The summed E-state index contributed by atoms with van der Waals surface area (Å²) in [6.07, 6.45) is -1.13. The number of nitrogen functional groups attached to an aromatic ring is 1. The topological polar surface area (TPSA) is 38.9 Å². The zero-order chi connectivity index (χ0) is 8.43. The van der Waals surface area contributed by atoms with Crippen LogP contribution in [0.5, 0.6) is 0 Å². The highest BCUT2D eigenvalue weighted by molar-refractivity contribution is 5.36. The van der Waals surface area contributed by atoms with Crippen LogP contribution in [0.1, 0.15) is 17.6 Å². The third kappa shape index (κ3) is 1.63. The van der Waals surface area contributed by atoms with Crippen molar-refractivity contribution in [3.05, 3.63) is 23.4 Å². The van der Waals surface area contributed by atoms with Crippen LogP contribution in [0.15, 0.2) is 12.3 Å². The van der Waals surface area contributed by atoms with Crippen LogP contribution in [0.3, 0.4) is 0 Å². The summed E-state index contributed by atoms with van der Waals surface area (Å²) >= 11 is 0. The quantitative estimate of drug-likeness (QED) is 0.678. The van der Waals surface area contributed by atoms with Gasteiger partial charge >= 0.3 is 0 Å². The number of halogens is 2. The normalized spacial score (nSPS) is 10.5. The Morgan fingerprint density at radius 1 is 1.55 bits per heavy atom. The van der Waals surface area contributed by atoms with Gasteiger partial charge in [0.25, 0.3) is 6.43 Å². The molecule has 0 bridgehead atoms. The Bertz CT molecular complexity index is 261. The minimum Gasteiger partial charge on any atom is -0.384 e. The SMILES string of the molecule is Cc1cnc(N)cc1C(F)F. The highest BCUT2D eigenvalue weighted by atomic mass is 19.3. The van der Waals surface area contributed by atoms with E-state index >= 15 is 0 Å². The van der Waals surface area contributed by atoms with E-state index in [1.807, 2.05) is 0 Å². The smallest absolute Gasteiger partial charge is 0.264 e. The van der Waals surface area contributed by atoms with Gasteiger partial charge < -0.3 is 5.73 Å². The van der Waals surface area contributed by atoms with Crippen LogP contribution in [-0.4, -0.2) is 4.98 Å². The number of nitrogens with two attached hydrogens (primary N) is 1. The summed E-state index contributed by atoms with van der Waals surface area (Å²) in [6.45, 7) is 1.58. The summed E-state index contributed by atoms with van der Waals surface area (Å²) < 4.78 is 24.2. The second-order valence-electron chi connectivity index (χ2n) is 2.27. The van der Waals surface area contributed by atoms with E-state index in [0.29, 0.717) is 5.56 Å². The van der Waals surface area contributed by atoms with Crippen LogP contribution in [-0.2, 0) is 0 Å². The molecule has 2 nitrogen and oxygen atoms in total. The van der Waals surface area contributed by atoms with Crippen molar-refractivity contribution in [3.63, 3.8) is 0 Å². The van der Waals surface area contributed by atoms with Crippen molar-refractivity contribution in [2.45, 2.75) is 13.3 Å². The highest BCUT2D eigenvalue weighted by Gasteiger charge is 2.10. The standard InChI is InChI=1S/C7H8F2N2/c1-4-3-11-6(10)2-5(4)7(8)9/h2-3,7H,1H3,(H2,10,11). The summed E-state index contributed by atoms with van der Waals surface area (Å²) in [7, 11) is 0. The molecule has 0 saturated carbocycles. The van der Waals surface area contributed by atoms with Crippen LogP contribution < -0.4 is 5.73 Å². The molecule has 1 aromatic rings. The monoisotopic (exact) mass is 158 g/mol. The third-order valence-corrected chi connectivity index (χ3v) is 1.40. The fourth-order valence-electron chi connectivity index (χ4n) is 0.791. The lowest BCUT2D eigenvalue weighted by Crippen LogP contribution is -1.95. The third-order valence-electron chi connectivity index (χ3n) is 1.40. The predicted molar refractivity (Wildman–Crippen MR) is 38.3 cm³/mol. The molecule has 0 spiro atoms. The Labute approximate surface area is 63.1 Å². The van der Waals surface area contributed by atoms with Gasteiger partial charge in [-0.1, -0.05) is 0 Å². The van der Waals surface area contributed by atoms with Gasteiger partial charge in [0.15, 0.2) is 0 Å². The van der Waals surface area contributed by atoms with Gasteiger partial charge in [-0.2, -0.15) is 0 Å². The van der Waals surface area contributed by atoms with Gasteiger partial charge in [0.2, 0.25) is 0 Å². The molecular formula is C7H8F2N2. The van der Waals surface area contributed by atoms with Gasteiger partial charge in [-0.3, -0.25) is 0 Å². The zero-order valence-corrected chi connectivity index (χ0v) is 6.01. The molecule has 1 heterocycles. The minimum atomic E-state index is -2.47. The Morgan fingerprint density at radius 3 is 2.64 bits per heavy atom. The molecule has 0 aliphatic heterocycles. The predicted octanol–water partition coefficient (Wildman–Crippen LogP) is 1.91. The molecule has 0 atom stereocenters. The second kappa shape index (κ2) is 2.82. The largest absolute Gasteiger partial charge is 0.384 e. The van der Waals surface area contributed by atoms with E-state index in [0.717, 1.165) is 0 Å². The zero-order valence-electron chi connectivity index (χ0n) is 6.01. The number of hydrogen-bond acceptors (Lipinski definition) is 2. The first kappa shape index (κ1) is 7.91. The lowest BCUT2D eigenvalue weighted by molar-refractivity contribution is 0.150. The Hall–Kier alpha value is -1.19. The Balaban J connectivity index is 3.13. The van der Waals surface area contributed by atoms with Gasteiger partial charge in [-0.05, 0) is 18.6 Å². The molecule has 0 amide bonds. The molecular weight excluding hydrogens is 150 g/mol. The molecule has 0 saturated heterocycles. The number of aromatic nitrogens is 1. The molecule has 0 unspecified atom stereocenters. The molecule has 0 aromatic carbocycles. The molecule has 11 heavy (non-hydrogen) atoms. The van der Waals surface area contributed by atoms with Crippen LogP contribution in [0.25, 0.3) is 0 Å². The average molecular weight is 158 g/mol. The number of aryl methyl sites for hydroxylation is 1. The molecule has 0 radical (unpaired) electrons. The van der Waals surface area contributed by atoms with Gasteiger partial charge in [0, 0.05) is 11.8 Å². The minimum absolute atomic E-state index is 0.0440. The number of hydrogen-bond donors (Lipinski definition) is 1. The van der Waals surface area contributed by atoms with Crippen molar-refractivity contribution in [2.24, 2.45) is 0 Å². The second-order valence-corrected chi connectivity index (χ2v) is 2.27. The number of alkyl halides is 2. The molecule has 0 fully saturated rings. The molecule has 2 N–H and O–H groups in total. The van der Waals surface area contributed by atoms with E-state index in [1.54, 1.807) is 6.92 Å². The van der Waals surface area contributed by atoms with Gasteiger partial charge in [0.1, 0.15) is 5.82 Å². The highest BCUT2D eigenvalue weighted by Crippen LogP contribution is 2.22. The molecule has 60 valence electrons. The number of nitrogens with zero attached hydrogens (tertiary/aromatic N) is 1. The Kier molecular flexibility index (Phi) is 2.03. The van der Waals surface area contributed by atoms with Gasteiger partial charge in [0.05, 0.1) is 0 Å². The molecule has 4 heteroatoms. The van der Waals surface area contributed by atoms with E-state index in [9.17, 15) is 8.78 Å². The first-order valence-corrected chi connectivity index (χ1v) is 3.11. The van der Waals surface area contributed by atoms with E-state index in [4.69, 9.17) is 5.73 Å². The van der Waals surface area contributed by atoms with E-state index < -0.39 is 6.43 Å². The van der Waals surface area contributed by atoms with Crippen LogP contribution in [0.4, 0.5) is 14.6 Å². The van der Waals surface area contributed by atoms with Crippen LogP contribution in [0, 0.1) is 6.92 Å². The van der Waals surface area contributed by atoms with Crippen LogP contribution in [0.2, 0.25) is 0 Å². The Morgan fingerprint density at radius 2 is 2.18 bits per heavy atom. The fourth-order valence-corrected chi connectivity index (χ4v) is 0.791. The van der Waals surface area contributed by atoms with Crippen molar-refractivity contribution < 1.29 is 8.78 Å². The summed E-state index contributed by atoms with van der Waals surface area (Å²) in [5.74, 6) is 0.130. The van der Waals surface area contributed by atoms with E-state index in [1.165, 1.54) is 12.3 Å². The van der Waals surface area contributed by atoms with Crippen molar-refractivity contribution in [1.82, 2.24) is 4.98 Å². The van der Waals surface area contributed by atoms with Crippen molar-refractivity contribution >= 4 is 5.82 Å². The first-order valence-electron chi connectivity index (χ1n) is 3.11. The summed E-state index contributed by atoms with van der Waals surface area (Å²) in [4.78, 5) is 3.67. The molecule has 0 aliphatic rings. The van der Waals surface area contributed by atoms with Crippen molar-refractivity contribution in [3.8, 4) is 0 Å². The van der Waals surface area contributed by atoms with Crippen LogP contribution >= 0.6 is 0 Å². The molecule has 0 aliphatic carbocycles. The van der Waals surface area contributed by atoms with E-state index in [-0.39, 0.29) is 11.4 Å². The maximum Gasteiger partial charge on any atom is 0.264 e. The number of rotatable bonds is 1. The van der Waals surface area contributed by atoms with Crippen molar-refractivity contribution in [1.29, 1.82) is 0 Å². The lowest BCUT2D eigenvalue weighted by Gasteiger charge is -2.03.